The van der Waals surface area contributed by atoms with Crippen LogP contribution in [0.5, 0.6) is 0 Å². The molecule has 1 saturated heterocycles. The average molecular weight is 276 g/mol. The first-order valence-corrected chi connectivity index (χ1v) is 8.41. The number of amidine groups is 1. The van der Waals surface area contributed by atoms with Crippen molar-refractivity contribution in [2.75, 3.05) is 40.3 Å². The van der Waals surface area contributed by atoms with Gasteiger partial charge in [-0.2, -0.15) is 0 Å². The maximum Gasteiger partial charge on any atom is 0.169 e. The van der Waals surface area contributed by atoms with E-state index >= 15 is 0 Å². The molecule has 0 aromatic heterocycles. The molecule has 0 aromatic rings. The highest BCUT2D eigenvalue weighted by Gasteiger charge is 2.22. The topological polar surface area (TPSA) is 30.9 Å². The quantitative estimate of drug-likeness (QED) is 0.567. The van der Waals surface area contributed by atoms with Gasteiger partial charge in [0.05, 0.1) is 0 Å². The summed E-state index contributed by atoms with van der Waals surface area (Å²) in [4.78, 5) is 9.19. The molecule has 0 bridgehead atoms. The van der Waals surface area contributed by atoms with Crippen molar-refractivity contribution < 1.29 is 0 Å². The van der Waals surface area contributed by atoms with E-state index in [1.165, 1.54) is 0 Å². The molecule has 4 nitrogen and oxygen atoms in total. The van der Waals surface area contributed by atoms with Crippen molar-refractivity contribution >= 4 is 26.8 Å². The maximum atomic E-state index is 4.59. The van der Waals surface area contributed by atoms with E-state index in [-0.39, 0.29) is 0 Å². The maximum absolute atomic E-state index is 4.59. The fraction of sp³-hybridized carbons (Fsp3) is 0.909. The summed E-state index contributed by atoms with van der Waals surface area (Å²) in [6.45, 7) is 8.77. The second kappa shape index (κ2) is 8.24. The Morgan fingerprint density at radius 1 is 1.29 bits per heavy atom. The van der Waals surface area contributed by atoms with Crippen molar-refractivity contribution in [1.29, 1.82) is 0 Å². The highest BCUT2D eigenvalue weighted by molar-refractivity contribution is 8.83. The number of hydrogen-bond acceptors (Lipinski definition) is 5. The Hall–Kier alpha value is 0.0900. The lowest BCUT2D eigenvalue weighted by molar-refractivity contribution is 0.302. The molecule has 1 aliphatic rings. The zero-order chi connectivity index (χ0) is 12.7. The van der Waals surface area contributed by atoms with E-state index in [9.17, 15) is 0 Å². The predicted octanol–water partition coefficient (Wildman–Crippen LogP) is 1.90. The van der Waals surface area contributed by atoms with Crippen LogP contribution in [0, 0.1) is 0 Å². The Morgan fingerprint density at radius 3 is 2.53 bits per heavy atom. The Bertz CT molecular complexity index is 242. The van der Waals surface area contributed by atoms with E-state index in [0.717, 1.165) is 37.8 Å². The van der Waals surface area contributed by atoms with Crippen molar-refractivity contribution in [3.8, 4) is 0 Å². The molecule has 6 heteroatoms. The molecule has 1 aliphatic heterocycles. The summed E-state index contributed by atoms with van der Waals surface area (Å²) >= 11 is 0. The summed E-state index contributed by atoms with van der Waals surface area (Å²) in [5.41, 5.74) is 0.363. The van der Waals surface area contributed by atoms with Gasteiger partial charge >= 0.3 is 0 Å². The number of rotatable bonds is 7. The summed E-state index contributed by atoms with van der Waals surface area (Å²) in [5, 5.41) is 4.47. The van der Waals surface area contributed by atoms with Crippen LogP contribution in [0.2, 0.25) is 0 Å². The van der Waals surface area contributed by atoms with Crippen LogP contribution in [0.1, 0.15) is 20.3 Å². The van der Waals surface area contributed by atoms with Crippen LogP contribution in [0.15, 0.2) is 4.99 Å². The van der Waals surface area contributed by atoms with Gasteiger partial charge in [0.25, 0.3) is 0 Å². The summed E-state index contributed by atoms with van der Waals surface area (Å²) in [5.74, 6) is 0. The van der Waals surface area contributed by atoms with Gasteiger partial charge in [-0.3, -0.25) is 9.89 Å². The fourth-order valence-corrected chi connectivity index (χ4v) is 3.95. The molecular weight excluding hydrogens is 252 g/mol. The third-order valence-corrected chi connectivity index (χ3v) is 5.25. The molecule has 1 heterocycles. The fourth-order valence-electron chi connectivity index (χ4n) is 1.55. The Balaban J connectivity index is 2.18. The molecule has 1 fully saturated rings. The van der Waals surface area contributed by atoms with Gasteiger partial charge in [0, 0.05) is 6.54 Å². The molecule has 0 radical (unpaired) electrons. The first-order chi connectivity index (χ1) is 8.17. The van der Waals surface area contributed by atoms with Crippen LogP contribution >= 0.6 is 21.6 Å². The minimum absolute atomic E-state index is 0.363. The van der Waals surface area contributed by atoms with Crippen molar-refractivity contribution in [3.05, 3.63) is 0 Å². The summed E-state index contributed by atoms with van der Waals surface area (Å²) in [6, 6.07) is 0. The highest BCUT2D eigenvalue weighted by Crippen LogP contribution is 2.33. The van der Waals surface area contributed by atoms with E-state index < -0.39 is 0 Å². The summed E-state index contributed by atoms with van der Waals surface area (Å²) in [6.07, 6.45) is 1.14. The normalized spacial score (nSPS) is 22.7. The van der Waals surface area contributed by atoms with Crippen molar-refractivity contribution in [2.24, 2.45) is 4.99 Å². The molecule has 0 aliphatic carbocycles. The number of nitrogens with zero attached hydrogens (tertiary/aromatic N) is 3. The SMILES string of the molecule is CCN(CC)CCCN=C1NC(N(C)C)SS1. The summed E-state index contributed by atoms with van der Waals surface area (Å²) in [7, 11) is 7.73. The number of hydrogen-bond donors (Lipinski definition) is 1. The number of aliphatic imine (C=N–C) groups is 1. The van der Waals surface area contributed by atoms with E-state index in [1.807, 2.05) is 10.8 Å². The van der Waals surface area contributed by atoms with Crippen molar-refractivity contribution in [1.82, 2.24) is 15.1 Å². The molecule has 0 amide bonds. The van der Waals surface area contributed by atoms with Gasteiger partial charge in [-0.25, -0.2) is 0 Å². The molecule has 0 saturated carbocycles. The molecule has 0 spiro atoms. The van der Waals surface area contributed by atoms with Gasteiger partial charge in [-0.15, -0.1) is 0 Å². The van der Waals surface area contributed by atoms with Gasteiger partial charge in [0.15, 0.2) is 5.17 Å². The lowest BCUT2D eigenvalue weighted by Crippen LogP contribution is -2.36. The lowest BCUT2D eigenvalue weighted by Gasteiger charge is -2.17. The van der Waals surface area contributed by atoms with E-state index in [1.54, 1.807) is 10.8 Å². The molecule has 1 rings (SSSR count). The van der Waals surface area contributed by atoms with Gasteiger partial charge in [0.1, 0.15) is 5.50 Å². The zero-order valence-electron chi connectivity index (χ0n) is 11.3. The lowest BCUT2D eigenvalue weighted by atomic mass is 10.4. The average Bonchev–Trinajstić information content (AvgIpc) is 2.78. The smallest absolute Gasteiger partial charge is 0.169 e. The molecule has 17 heavy (non-hydrogen) atoms. The molecule has 0 aromatic carbocycles. The molecule has 1 unspecified atom stereocenters. The van der Waals surface area contributed by atoms with Crippen LogP contribution < -0.4 is 5.32 Å². The van der Waals surface area contributed by atoms with Gasteiger partial charge in [-0.05, 0) is 61.7 Å². The van der Waals surface area contributed by atoms with E-state index in [2.05, 4.69) is 48.1 Å². The molecule has 1 atom stereocenters. The first kappa shape index (κ1) is 15.1. The van der Waals surface area contributed by atoms with Gasteiger partial charge in [-0.1, -0.05) is 13.8 Å². The van der Waals surface area contributed by atoms with Crippen LogP contribution in [-0.2, 0) is 0 Å². The Kier molecular flexibility index (Phi) is 7.34. The van der Waals surface area contributed by atoms with Crippen LogP contribution in [0.3, 0.4) is 0 Å². The first-order valence-electron chi connectivity index (χ1n) is 6.20. The second-order valence-electron chi connectivity index (χ2n) is 4.21. The molecule has 1 N–H and O–H groups in total. The Morgan fingerprint density at radius 2 is 2.00 bits per heavy atom. The minimum atomic E-state index is 0.363. The number of nitrogens with one attached hydrogen (secondary N) is 1. The van der Waals surface area contributed by atoms with Crippen LogP contribution in [0.25, 0.3) is 0 Å². The standard InChI is InChI=1S/C11H24N4S2/c1-5-15(6-2)9-7-8-12-10-13-11(14(3)4)17-16-10/h11H,5-9H2,1-4H3,(H,12,13). The highest BCUT2D eigenvalue weighted by atomic mass is 33.1. The van der Waals surface area contributed by atoms with Crippen molar-refractivity contribution in [2.45, 2.75) is 25.8 Å². The second-order valence-corrected chi connectivity index (χ2v) is 6.48. The third kappa shape index (κ3) is 5.50. The Labute approximate surface area is 113 Å². The van der Waals surface area contributed by atoms with Gasteiger partial charge < -0.3 is 10.2 Å². The van der Waals surface area contributed by atoms with Crippen molar-refractivity contribution in [3.63, 3.8) is 0 Å². The third-order valence-electron chi connectivity index (χ3n) is 2.72. The monoisotopic (exact) mass is 276 g/mol. The van der Waals surface area contributed by atoms with E-state index in [0.29, 0.717) is 5.50 Å². The van der Waals surface area contributed by atoms with Crippen LogP contribution in [-0.4, -0.2) is 60.7 Å². The predicted molar refractivity (Wildman–Crippen MR) is 80.5 cm³/mol. The van der Waals surface area contributed by atoms with Crippen LogP contribution in [0.4, 0.5) is 0 Å². The largest absolute Gasteiger partial charge is 0.339 e. The molecule has 100 valence electrons. The zero-order valence-corrected chi connectivity index (χ0v) is 12.9. The van der Waals surface area contributed by atoms with E-state index in [4.69, 9.17) is 0 Å². The molecular formula is C11H24N4S2. The summed E-state index contributed by atoms with van der Waals surface area (Å²) < 4.78 is 0. The van der Waals surface area contributed by atoms with Gasteiger partial charge in [0.2, 0.25) is 0 Å². The minimum Gasteiger partial charge on any atom is -0.339 e.